The Morgan fingerprint density at radius 2 is 1.75 bits per heavy atom. The van der Waals surface area contributed by atoms with E-state index in [0.29, 0.717) is 5.56 Å². The molecular weight excluding hydrogens is 473 g/mol. The van der Waals surface area contributed by atoms with Crippen LogP contribution in [0.15, 0.2) is 71.7 Å². The van der Waals surface area contributed by atoms with Crippen molar-refractivity contribution in [1.29, 1.82) is 0 Å². The monoisotopic (exact) mass is 498 g/mol. The molecule has 3 aromatic rings. The lowest BCUT2D eigenvalue weighted by atomic mass is 10.1. The molecule has 0 spiro atoms. The maximum atomic E-state index is 12.8. The van der Waals surface area contributed by atoms with Crippen LogP contribution in [0.1, 0.15) is 45.5 Å². The van der Waals surface area contributed by atoms with Crippen LogP contribution in [0.2, 0.25) is 0 Å². The Bertz CT molecular complexity index is 1310. The summed E-state index contributed by atoms with van der Waals surface area (Å²) in [6.07, 6.45) is -1.33. The number of amides is 1. The predicted molar refractivity (Wildman–Crippen MR) is 126 cm³/mol. The van der Waals surface area contributed by atoms with Crippen LogP contribution in [-0.4, -0.2) is 34.0 Å². The molecular formula is C27H25F3N2O4. The number of nitrogens with zero attached hydrogens (tertiary/aromatic N) is 2. The van der Waals surface area contributed by atoms with Gasteiger partial charge in [-0.15, -0.1) is 0 Å². The molecule has 2 aromatic carbocycles. The first-order valence-electron chi connectivity index (χ1n) is 11.5. The number of carbonyl (C=O) groups is 2. The number of aromatic nitrogens is 1. The zero-order chi connectivity index (χ0) is 25.9. The van der Waals surface area contributed by atoms with Gasteiger partial charge in [-0.25, -0.2) is 4.79 Å². The minimum absolute atomic E-state index is 0.0539. The molecule has 1 aliphatic carbocycles. The molecule has 1 fully saturated rings. The van der Waals surface area contributed by atoms with Crippen molar-refractivity contribution in [1.82, 2.24) is 9.47 Å². The number of ether oxygens (including phenoxy) is 1. The second-order valence-electron chi connectivity index (χ2n) is 8.87. The van der Waals surface area contributed by atoms with Gasteiger partial charge in [0.25, 0.3) is 11.5 Å². The summed E-state index contributed by atoms with van der Waals surface area (Å²) in [7, 11) is 0. The summed E-state index contributed by atoms with van der Waals surface area (Å²) < 4.78 is 45.0. The van der Waals surface area contributed by atoms with Crippen LogP contribution in [0.25, 0.3) is 0 Å². The van der Waals surface area contributed by atoms with Crippen molar-refractivity contribution < 1.29 is 27.5 Å². The van der Waals surface area contributed by atoms with Crippen molar-refractivity contribution in [3.8, 4) is 0 Å². The van der Waals surface area contributed by atoms with Gasteiger partial charge in [0.1, 0.15) is 5.56 Å². The molecule has 1 aliphatic rings. The molecule has 0 bridgehead atoms. The molecule has 9 heteroatoms. The van der Waals surface area contributed by atoms with E-state index in [2.05, 4.69) is 0 Å². The summed E-state index contributed by atoms with van der Waals surface area (Å²) in [5.41, 5.74) is 1.02. The molecule has 0 saturated heterocycles. The first-order chi connectivity index (χ1) is 17.1. The number of hydrogen-bond donors (Lipinski definition) is 0. The number of aryl methyl sites for hydroxylation is 1. The number of carbonyl (C=O) groups excluding carboxylic acids is 2. The molecule has 0 aliphatic heterocycles. The summed E-state index contributed by atoms with van der Waals surface area (Å²) >= 11 is 0. The van der Waals surface area contributed by atoms with Crippen LogP contribution < -0.4 is 5.56 Å². The fraction of sp³-hybridized carbons (Fsp3) is 0.296. The average Bonchev–Trinajstić information content (AvgIpc) is 3.67. The summed E-state index contributed by atoms with van der Waals surface area (Å²) in [4.78, 5) is 39.7. The van der Waals surface area contributed by atoms with Crippen LogP contribution in [0.3, 0.4) is 0 Å². The first-order valence-corrected chi connectivity index (χ1v) is 11.5. The third-order valence-corrected chi connectivity index (χ3v) is 5.94. The zero-order valence-corrected chi connectivity index (χ0v) is 19.6. The number of benzene rings is 2. The van der Waals surface area contributed by atoms with Crippen molar-refractivity contribution >= 4 is 11.9 Å². The summed E-state index contributed by atoms with van der Waals surface area (Å²) in [6.45, 7) is 1.76. The highest BCUT2D eigenvalue weighted by Crippen LogP contribution is 2.31. The topological polar surface area (TPSA) is 68.6 Å². The van der Waals surface area contributed by atoms with Gasteiger partial charge in [-0.1, -0.05) is 42.0 Å². The molecule has 4 rings (SSSR count). The molecule has 1 amide bonds. The zero-order valence-electron chi connectivity index (χ0n) is 19.6. The van der Waals surface area contributed by atoms with Crippen LogP contribution in [0.5, 0.6) is 0 Å². The fourth-order valence-corrected chi connectivity index (χ4v) is 3.91. The molecule has 1 saturated carbocycles. The molecule has 6 nitrogen and oxygen atoms in total. The van der Waals surface area contributed by atoms with Crippen molar-refractivity contribution in [3.05, 3.63) is 105 Å². The van der Waals surface area contributed by atoms with E-state index in [1.165, 1.54) is 27.7 Å². The normalized spacial score (nSPS) is 13.3. The number of esters is 1. The quantitative estimate of drug-likeness (QED) is 0.427. The van der Waals surface area contributed by atoms with Crippen molar-refractivity contribution in [2.75, 3.05) is 6.61 Å². The molecule has 1 aromatic heterocycles. The molecule has 0 radical (unpaired) electrons. The van der Waals surface area contributed by atoms with E-state index in [1.54, 1.807) is 12.3 Å². The van der Waals surface area contributed by atoms with Crippen molar-refractivity contribution in [2.45, 2.75) is 45.1 Å². The highest BCUT2D eigenvalue weighted by atomic mass is 19.4. The average molecular weight is 499 g/mol. The molecule has 0 unspecified atom stereocenters. The number of halogens is 3. The van der Waals surface area contributed by atoms with Crippen LogP contribution in [0, 0.1) is 6.92 Å². The third-order valence-electron chi connectivity index (χ3n) is 5.94. The van der Waals surface area contributed by atoms with Gasteiger partial charge in [-0.2, -0.15) is 13.2 Å². The largest absolute Gasteiger partial charge is 0.452 e. The lowest BCUT2D eigenvalue weighted by Gasteiger charge is -2.22. The Balaban J connectivity index is 1.40. The van der Waals surface area contributed by atoms with Gasteiger partial charge in [0, 0.05) is 18.8 Å². The fourth-order valence-electron chi connectivity index (χ4n) is 3.91. The second kappa shape index (κ2) is 10.4. The Labute approximate surface area is 205 Å². The Hall–Kier alpha value is -3.88. The van der Waals surface area contributed by atoms with E-state index < -0.39 is 35.8 Å². The predicted octanol–water partition coefficient (Wildman–Crippen LogP) is 4.57. The number of rotatable bonds is 8. The van der Waals surface area contributed by atoms with E-state index in [1.807, 2.05) is 31.2 Å². The van der Waals surface area contributed by atoms with Gasteiger partial charge in [0.05, 0.1) is 12.1 Å². The van der Waals surface area contributed by atoms with Crippen molar-refractivity contribution in [2.24, 2.45) is 0 Å². The van der Waals surface area contributed by atoms with E-state index in [0.717, 1.165) is 36.1 Å². The van der Waals surface area contributed by atoms with Gasteiger partial charge in [-0.3, -0.25) is 9.59 Å². The maximum Gasteiger partial charge on any atom is 0.416 e. The van der Waals surface area contributed by atoms with Crippen LogP contribution in [-0.2, 0) is 28.8 Å². The SMILES string of the molecule is Cc1cccc(Cn2cccc(C(=O)OCC(=O)N(Cc3ccc(C(F)(F)F)cc3)C3CC3)c2=O)c1. The summed E-state index contributed by atoms with van der Waals surface area (Å²) in [5.74, 6) is -1.38. The molecule has 36 heavy (non-hydrogen) atoms. The summed E-state index contributed by atoms with van der Waals surface area (Å²) in [5, 5.41) is 0. The van der Waals surface area contributed by atoms with Gasteiger partial charge in [0.2, 0.25) is 0 Å². The molecule has 0 N–H and O–H groups in total. The highest BCUT2D eigenvalue weighted by Gasteiger charge is 2.34. The lowest BCUT2D eigenvalue weighted by Crippen LogP contribution is -2.36. The summed E-state index contributed by atoms with van der Waals surface area (Å²) in [6, 6.07) is 15.1. The first kappa shape index (κ1) is 25.2. The van der Waals surface area contributed by atoms with E-state index in [4.69, 9.17) is 4.74 Å². The lowest BCUT2D eigenvalue weighted by molar-refractivity contribution is -0.138. The van der Waals surface area contributed by atoms with E-state index >= 15 is 0 Å². The van der Waals surface area contributed by atoms with E-state index in [-0.39, 0.29) is 24.7 Å². The number of hydrogen-bond acceptors (Lipinski definition) is 4. The van der Waals surface area contributed by atoms with Crippen LogP contribution in [0.4, 0.5) is 13.2 Å². The minimum Gasteiger partial charge on any atom is -0.452 e. The molecule has 1 heterocycles. The smallest absolute Gasteiger partial charge is 0.416 e. The second-order valence-corrected chi connectivity index (χ2v) is 8.87. The standard InChI is InChI=1S/C27H25F3N2O4/c1-18-4-2-5-20(14-18)15-31-13-3-6-23(25(31)34)26(35)36-17-24(33)32(22-11-12-22)16-19-7-9-21(10-8-19)27(28,29)30/h2-10,13-14,22H,11-12,15-17H2,1H3. The Morgan fingerprint density at radius 3 is 2.39 bits per heavy atom. The number of alkyl halides is 3. The van der Waals surface area contributed by atoms with Crippen molar-refractivity contribution in [3.63, 3.8) is 0 Å². The third kappa shape index (κ3) is 6.21. The van der Waals surface area contributed by atoms with Gasteiger partial charge < -0.3 is 14.2 Å². The maximum absolute atomic E-state index is 12.8. The number of pyridine rings is 1. The molecule has 188 valence electrons. The van der Waals surface area contributed by atoms with Crippen LogP contribution >= 0.6 is 0 Å². The minimum atomic E-state index is -4.44. The van der Waals surface area contributed by atoms with Gasteiger partial charge >= 0.3 is 12.1 Å². The Morgan fingerprint density at radius 1 is 1.03 bits per heavy atom. The van der Waals surface area contributed by atoms with Gasteiger partial charge in [0.15, 0.2) is 6.61 Å². The Kier molecular flexibility index (Phi) is 7.28. The van der Waals surface area contributed by atoms with Gasteiger partial charge in [-0.05, 0) is 55.2 Å². The molecule has 0 atom stereocenters. The highest BCUT2D eigenvalue weighted by molar-refractivity contribution is 5.91. The van der Waals surface area contributed by atoms with E-state index in [9.17, 15) is 27.6 Å².